The Morgan fingerprint density at radius 2 is 2.00 bits per heavy atom. The molecular weight excluding hydrogens is 354 g/mol. The van der Waals surface area contributed by atoms with E-state index in [4.69, 9.17) is 0 Å². The van der Waals surface area contributed by atoms with Crippen molar-refractivity contribution in [2.45, 2.75) is 39.8 Å². The number of fused-ring (bicyclic) bond motifs is 1. The van der Waals surface area contributed by atoms with Crippen molar-refractivity contribution in [3.05, 3.63) is 46.3 Å². The van der Waals surface area contributed by atoms with E-state index in [1.807, 2.05) is 20.8 Å². The lowest BCUT2D eigenvalue weighted by molar-refractivity contribution is 0.0942. The Bertz CT molecular complexity index is 816. The molecule has 2 amide bonds. The van der Waals surface area contributed by atoms with Crippen molar-refractivity contribution in [2.24, 2.45) is 0 Å². The summed E-state index contributed by atoms with van der Waals surface area (Å²) >= 11 is 0. The highest BCUT2D eigenvalue weighted by molar-refractivity contribution is 6.05. The molecule has 0 unspecified atom stereocenters. The molecule has 1 aliphatic rings. The van der Waals surface area contributed by atoms with Crippen LogP contribution in [-0.2, 0) is 13.0 Å². The zero-order valence-electron chi connectivity index (χ0n) is 15.1. The van der Waals surface area contributed by atoms with E-state index in [-0.39, 0.29) is 30.3 Å². The van der Waals surface area contributed by atoms with Crippen LogP contribution >= 0.6 is 12.4 Å². The first-order valence-electron chi connectivity index (χ1n) is 8.45. The van der Waals surface area contributed by atoms with E-state index < -0.39 is 0 Å². The third-order valence-corrected chi connectivity index (χ3v) is 4.18. The van der Waals surface area contributed by atoms with Gasteiger partial charge < -0.3 is 16.0 Å². The van der Waals surface area contributed by atoms with Gasteiger partial charge in [0.05, 0.1) is 0 Å². The third kappa shape index (κ3) is 4.23. The number of carbonyl (C=O) groups is 2. The van der Waals surface area contributed by atoms with E-state index in [1.165, 1.54) is 0 Å². The second kappa shape index (κ2) is 8.33. The Hall–Kier alpha value is -2.38. The van der Waals surface area contributed by atoms with Gasteiger partial charge in [0.2, 0.25) is 0 Å². The van der Waals surface area contributed by atoms with E-state index in [0.717, 1.165) is 29.8 Å². The van der Waals surface area contributed by atoms with Crippen LogP contribution in [0.4, 0.5) is 5.69 Å². The summed E-state index contributed by atoms with van der Waals surface area (Å²) in [5.74, 6) is -0.368. The number of benzene rings is 1. The zero-order valence-corrected chi connectivity index (χ0v) is 15.9. The van der Waals surface area contributed by atoms with E-state index in [0.29, 0.717) is 23.5 Å². The number of aryl methyl sites for hydroxylation is 1. The normalized spacial score (nSPS) is 12.9. The minimum absolute atomic E-state index is 0. The topological polar surface area (TPSA) is 98.9 Å². The van der Waals surface area contributed by atoms with Gasteiger partial charge in [-0.05, 0) is 44.5 Å². The van der Waals surface area contributed by atoms with Gasteiger partial charge in [0.15, 0.2) is 5.69 Å². The maximum Gasteiger partial charge on any atom is 0.276 e. The van der Waals surface area contributed by atoms with Crippen LogP contribution in [-0.4, -0.2) is 34.6 Å². The molecule has 2 aromatic rings. The molecule has 1 aromatic heterocycles. The Labute approximate surface area is 158 Å². The quantitative estimate of drug-likeness (QED) is 0.656. The molecule has 0 radical (unpaired) electrons. The second-order valence-electron chi connectivity index (χ2n) is 6.57. The number of carbonyl (C=O) groups excluding carboxylic acids is 2. The van der Waals surface area contributed by atoms with Gasteiger partial charge in [-0.2, -0.15) is 5.10 Å². The molecule has 0 spiro atoms. The third-order valence-electron chi connectivity index (χ3n) is 4.18. The molecule has 26 heavy (non-hydrogen) atoms. The predicted molar refractivity (Wildman–Crippen MR) is 103 cm³/mol. The Balaban J connectivity index is 0.00000243. The molecule has 0 fully saturated rings. The highest BCUT2D eigenvalue weighted by Crippen LogP contribution is 2.20. The first-order valence-corrected chi connectivity index (χ1v) is 8.45. The van der Waals surface area contributed by atoms with E-state index in [1.54, 1.807) is 18.2 Å². The summed E-state index contributed by atoms with van der Waals surface area (Å²) in [5.41, 5.74) is 4.43. The SMILES string of the molecule is Cc1cc(C(=O)NC(C)C)ccc1NC(=O)c1n[nH]c2c1CNCC2.Cl. The van der Waals surface area contributed by atoms with Gasteiger partial charge in [0, 0.05) is 48.1 Å². The number of hydrogen-bond acceptors (Lipinski definition) is 4. The predicted octanol–water partition coefficient (Wildman–Crippen LogP) is 2.18. The maximum atomic E-state index is 12.6. The van der Waals surface area contributed by atoms with Crippen LogP contribution in [0.25, 0.3) is 0 Å². The lowest BCUT2D eigenvalue weighted by Gasteiger charge is -2.14. The number of halogens is 1. The lowest BCUT2D eigenvalue weighted by atomic mass is 10.1. The lowest BCUT2D eigenvalue weighted by Crippen LogP contribution is -2.30. The van der Waals surface area contributed by atoms with Gasteiger partial charge in [-0.15, -0.1) is 12.4 Å². The van der Waals surface area contributed by atoms with E-state index >= 15 is 0 Å². The molecule has 4 N–H and O–H groups in total. The Kier molecular flexibility index (Phi) is 6.39. The molecule has 2 heterocycles. The molecule has 0 aliphatic carbocycles. The summed E-state index contributed by atoms with van der Waals surface area (Å²) in [6.45, 7) is 7.22. The highest BCUT2D eigenvalue weighted by Gasteiger charge is 2.22. The minimum atomic E-state index is -0.247. The van der Waals surface area contributed by atoms with Crippen molar-refractivity contribution in [2.75, 3.05) is 11.9 Å². The Morgan fingerprint density at radius 1 is 1.23 bits per heavy atom. The van der Waals surface area contributed by atoms with Gasteiger partial charge in [0.25, 0.3) is 11.8 Å². The number of anilines is 1. The number of rotatable bonds is 4. The van der Waals surface area contributed by atoms with Crippen molar-refractivity contribution in [1.82, 2.24) is 20.8 Å². The molecule has 0 bridgehead atoms. The first kappa shape index (κ1) is 19.9. The summed E-state index contributed by atoms with van der Waals surface area (Å²) in [5, 5.41) is 16.1. The number of amides is 2. The summed E-state index contributed by atoms with van der Waals surface area (Å²) in [4.78, 5) is 24.6. The molecule has 1 aliphatic heterocycles. The smallest absolute Gasteiger partial charge is 0.276 e. The average Bonchev–Trinajstić information content (AvgIpc) is 3.00. The minimum Gasteiger partial charge on any atom is -0.350 e. The fourth-order valence-corrected chi connectivity index (χ4v) is 2.89. The van der Waals surface area contributed by atoms with Gasteiger partial charge in [-0.3, -0.25) is 14.7 Å². The molecular formula is C18H24ClN5O2. The van der Waals surface area contributed by atoms with Gasteiger partial charge in [-0.1, -0.05) is 0 Å². The summed E-state index contributed by atoms with van der Waals surface area (Å²) < 4.78 is 0. The second-order valence-corrected chi connectivity index (χ2v) is 6.57. The molecule has 7 nitrogen and oxygen atoms in total. The van der Waals surface area contributed by atoms with E-state index in [2.05, 4.69) is 26.1 Å². The van der Waals surface area contributed by atoms with Gasteiger partial charge in [-0.25, -0.2) is 0 Å². The molecule has 0 saturated carbocycles. The van der Waals surface area contributed by atoms with Crippen molar-refractivity contribution in [3.8, 4) is 0 Å². The molecule has 140 valence electrons. The van der Waals surface area contributed by atoms with Crippen molar-refractivity contribution < 1.29 is 9.59 Å². The van der Waals surface area contributed by atoms with Crippen LogP contribution < -0.4 is 16.0 Å². The largest absolute Gasteiger partial charge is 0.350 e. The number of aromatic amines is 1. The molecule has 8 heteroatoms. The van der Waals surface area contributed by atoms with E-state index in [9.17, 15) is 9.59 Å². The number of H-pyrrole nitrogens is 1. The van der Waals surface area contributed by atoms with Crippen molar-refractivity contribution in [1.29, 1.82) is 0 Å². The monoisotopic (exact) mass is 377 g/mol. The van der Waals surface area contributed by atoms with Crippen LogP contribution in [0.15, 0.2) is 18.2 Å². The zero-order chi connectivity index (χ0) is 18.0. The molecule has 0 atom stereocenters. The molecule has 1 aromatic carbocycles. The summed E-state index contributed by atoms with van der Waals surface area (Å²) in [6.07, 6.45) is 0.842. The van der Waals surface area contributed by atoms with Crippen molar-refractivity contribution in [3.63, 3.8) is 0 Å². The summed E-state index contributed by atoms with van der Waals surface area (Å²) in [7, 11) is 0. The number of nitrogens with one attached hydrogen (secondary N) is 4. The van der Waals surface area contributed by atoms with Gasteiger partial charge in [0.1, 0.15) is 0 Å². The molecule has 0 saturated heterocycles. The fraction of sp³-hybridized carbons (Fsp3) is 0.389. The highest BCUT2D eigenvalue weighted by atomic mass is 35.5. The fourth-order valence-electron chi connectivity index (χ4n) is 2.89. The van der Waals surface area contributed by atoms with Crippen LogP contribution in [0, 0.1) is 6.92 Å². The summed E-state index contributed by atoms with van der Waals surface area (Å²) in [6, 6.07) is 5.31. The van der Waals surface area contributed by atoms with Crippen LogP contribution in [0.3, 0.4) is 0 Å². The van der Waals surface area contributed by atoms with Crippen LogP contribution in [0.2, 0.25) is 0 Å². The number of hydrogen-bond donors (Lipinski definition) is 4. The number of aromatic nitrogens is 2. The standard InChI is InChI=1S/C18H23N5O2.ClH/c1-10(2)20-17(24)12-4-5-14(11(3)8-12)21-18(25)16-13-9-19-7-6-15(13)22-23-16;/h4-5,8,10,19H,6-7,9H2,1-3H3,(H,20,24)(H,21,25)(H,22,23);1H. The van der Waals surface area contributed by atoms with Crippen molar-refractivity contribution >= 4 is 29.9 Å². The molecule has 3 rings (SSSR count). The van der Waals surface area contributed by atoms with Crippen LogP contribution in [0.1, 0.15) is 51.5 Å². The van der Waals surface area contributed by atoms with Gasteiger partial charge >= 0.3 is 0 Å². The van der Waals surface area contributed by atoms with Crippen LogP contribution in [0.5, 0.6) is 0 Å². The number of nitrogens with zero attached hydrogens (tertiary/aromatic N) is 1. The Morgan fingerprint density at radius 3 is 2.69 bits per heavy atom. The average molecular weight is 378 g/mol. The first-order chi connectivity index (χ1) is 12.0. The maximum absolute atomic E-state index is 12.6.